The number of fused-ring (bicyclic) bond motifs is 1. The van der Waals surface area contributed by atoms with Crippen LogP contribution in [0, 0.1) is 0 Å². The molecule has 26 heavy (non-hydrogen) atoms. The highest BCUT2D eigenvalue weighted by atomic mass is 16.5. The molecule has 0 unspecified atom stereocenters. The van der Waals surface area contributed by atoms with Gasteiger partial charge in [0.25, 0.3) is 0 Å². The number of imidazole rings is 1. The van der Waals surface area contributed by atoms with Crippen molar-refractivity contribution in [3.05, 3.63) is 60.7 Å². The average molecular weight is 351 g/mol. The van der Waals surface area contributed by atoms with Crippen molar-refractivity contribution in [1.29, 1.82) is 0 Å². The maximum atomic E-state index is 6.06. The number of hydrogen-bond acceptors (Lipinski definition) is 4. The highest BCUT2D eigenvalue weighted by Gasteiger charge is 2.21. The number of morpholine rings is 1. The molecule has 136 valence electrons. The number of aromatic nitrogens is 2. The molecule has 0 radical (unpaired) electrons. The van der Waals surface area contributed by atoms with Gasteiger partial charge in [-0.1, -0.05) is 18.2 Å². The Morgan fingerprint density at radius 3 is 2.88 bits per heavy atom. The van der Waals surface area contributed by atoms with E-state index in [4.69, 9.17) is 9.47 Å². The van der Waals surface area contributed by atoms with Gasteiger partial charge in [-0.3, -0.25) is 4.90 Å². The number of benzene rings is 2. The molecule has 1 aliphatic rings. The van der Waals surface area contributed by atoms with E-state index >= 15 is 0 Å². The molecule has 1 saturated heterocycles. The lowest BCUT2D eigenvalue weighted by Crippen LogP contribution is -2.39. The molecule has 1 atom stereocenters. The third-order valence-corrected chi connectivity index (χ3v) is 5.04. The van der Waals surface area contributed by atoms with Crippen LogP contribution in [0.4, 0.5) is 0 Å². The van der Waals surface area contributed by atoms with E-state index in [2.05, 4.69) is 44.8 Å². The molecule has 0 N–H and O–H groups in total. The minimum absolute atomic E-state index is 0.142. The molecule has 1 fully saturated rings. The predicted octanol–water partition coefficient (Wildman–Crippen LogP) is 3.51. The van der Waals surface area contributed by atoms with Crippen molar-refractivity contribution in [2.75, 3.05) is 33.4 Å². The fourth-order valence-corrected chi connectivity index (χ4v) is 3.57. The minimum atomic E-state index is 0.142. The number of aryl methyl sites for hydroxylation is 1. The Bertz CT molecular complexity index is 848. The first kappa shape index (κ1) is 17.1. The van der Waals surface area contributed by atoms with Crippen LogP contribution in [0.5, 0.6) is 5.75 Å². The Kier molecular flexibility index (Phi) is 5.18. The predicted molar refractivity (Wildman–Crippen MR) is 102 cm³/mol. The van der Waals surface area contributed by atoms with Crippen LogP contribution >= 0.6 is 0 Å². The summed E-state index contributed by atoms with van der Waals surface area (Å²) in [4.78, 5) is 6.60. The van der Waals surface area contributed by atoms with Gasteiger partial charge in [0.05, 0.1) is 26.1 Å². The van der Waals surface area contributed by atoms with Crippen molar-refractivity contribution >= 4 is 10.8 Å². The van der Waals surface area contributed by atoms with Crippen molar-refractivity contribution in [2.45, 2.75) is 19.1 Å². The Morgan fingerprint density at radius 1 is 1.15 bits per heavy atom. The second kappa shape index (κ2) is 7.89. The highest BCUT2D eigenvalue weighted by molar-refractivity contribution is 5.84. The third kappa shape index (κ3) is 3.89. The van der Waals surface area contributed by atoms with Crippen LogP contribution in [-0.2, 0) is 11.3 Å². The third-order valence-electron chi connectivity index (χ3n) is 5.04. The summed E-state index contributed by atoms with van der Waals surface area (Å²) in [6, 6.07) is 12.8. The van der Waals surface area contributed by atoms with Gasteiger partial charge in [0.15, 0.2) is 0 Å². The molecule has 0 spiro atoms. The molecular formula is C21H25N3O2. The maximum absolute atomic E-state index is 6.06. The van der Waals surface area contributed by atoms with Crippen molar-refractivity contribution in [3.8, 4) is 5.75 Å². The smallest absolute Gasteiger partial charge is 0.119 e. The van der Waals surface area contributed by atoms with Crippen LogP contribution < -0.4 is 4.74 Å². The molecule has 1 aromatic heterocycles. The van der Waals surface area contributed by atoms with Gasteiger partial charge in [0, 0.05) is 38.6 Å². The molecule has 2 heterocycles. The maximum Gasteiger partial charge on any atom is 0.119 e. The average Bonchev–Trinajstić information content (AvgIpc) is 3.21. The summed E-state index contributed by atoms with van der Waals surface area (Å²) >= 11 is 0. The van der Waals surface area contributed by atoms with Gasteiger partial charge >= 0.3 is 0 Å². The molecule has 5 heteroatoms. The van der Waals surface area contributed by atoms with E-state index in [1.807, 2.05) is 24.8 Å². The Balaban J connectivity index is 1.39. The van der Waals surface area contributed by atoms with E-state index < -0.39 is 0 Å². The van der Waals surface area contributed by atoms with E-state index in [0.29, 0.717) is 0 Å². The quantitative estimate of drug-likeness (QED) is 0.681. The highest BCUT2D eigenvalue weighted by Crippen LogP contribution is 2.27. The fourth-order valence-electron chi connectivity index (χ4n) is 3.57. The van der Waals surface area contributed by atoms with Crippen LogP contribution in [0.2, 0.25) is 0 Å². The zero-order chi connectivity index (χ0) is 17.8. The Morgan fingerprint density at radius 2 is 2.04 bits per heavy atom. The SMILES string of the molecule is COc1ccc2cc([C@@H]3CN(CCCn4ccnc4)CCO3)ccc2c1. The molecule has 0 amide bonds. The van der Waals surface area contributed by atoms with Crippen LogP contribution in [-0.4, -0.2) is 47.8 Å². The lowest BCUT2D eigenvalue weighted by molar-refractivity contribution is -0.0304. The summed E-state index contributed by atoms with van der Waals surface area (Å²) in [5, 5.41) is 2.42. The summed E-state index contributed by atoms with van der Waals surface area (Å²) in [6.45, 7) is 4.84. The van der Waals surface area contributed by atoms with E-state index in [9.17, 15) is 0 Å². The van der Waals surface area contributed by atoms with Crippen molar-refractivity contribution in [1.82, 2.24) is 14.5 Å². The van der Waals surface area contributed by atoms with E-state index in [1.54, 1.807) is 7.11 Å². The number of hydrogen-bond donors (Lipinski definition) is 0. The normalized spacial score (nSPS) is 18.3. The topological polar surface area (TPSA) is 39.5 Å². The monoisotopic (exact) mass is 351 g/mol. The molecular weight excluding hydrogens is 326 g/mol. The Labute approximate surface area is 154 Å². The van der Waals surface area contributed by atoms with Crippen LogP contribution in [0.3, 0.4) is 0 Å². The summed E-state index contributed by atoms with van der Waals surface area (Å²) in [5.74, 6) is 0.892. The molecule has 5 nitrogen and oxygen atoms in total. The molecule has 0 bridgehead atoms. The molecule has 2 aromatic carbocycles. The summed E-state index contributed by atoms with van der Waals surface area (Å²) in [6.07, 6.45) is 7.00. The summed E-state index contributed by atoms with van der Waals surface area (Å²) < 4.78 is 13.5. The van der Waals surface area contributed by atoms with Crippen molar-refractivity contribution in [2.24, 2.45) is 0 Å². The first-order chi connectivity index (χ1) is 12.8. The van der Waals surface area contributed by atoms with Crippen LogP contribution in [0.1, 0.15) is 18.1 Å². The molecule has 3 aromatic rings. The van der Waals surface area contributed by atoms with Gasteiger partial charge in [-0.15, -0.1) is 0 Å². The van der Waals surface area contributed by atoms with Crippen molar-refractivity contribution < 1.29 is 9.47 Å². The second-order valence-electron chi connectivity index (χ2n) is 6.79. The van der Waals surface area contributed by atoms with Gasteiger partial charge in [-0.2, -0.15) is 0 Å². The van der Waals surface area contributed by atoms with Gasteiger partial charge in [-0.25, -0.2) is 4.98 Å². The molecule has 1 aliphatic heterocycles. The standard InChI is InChI=1S/C21H25N3O2/c1-25-20-6-5-17-13-19(4-3-18(17)14-20)21-15-23(11-12-26-21)8-2-9-24-10-7-22-16-24/h3-7,10,13-14,16,21H,2,8-9,11-12,15H2,1H3/t21-/m0/s1. The van der Waals surface area contributed by atoms with Crippen LogP contribution in [0.25, 0.3) is 10.8 Å². The molecule has 4 rings (SSSR count). The zero-order valence-corrected chi connectivity index (χ0v) is 15.2. The largest absolute Gasteiger partial charge is 0.497 e. The number of ether oxygens (including phenoxy) is 2. The first-order valence-corrected chi connectivity index (χ1v) is 9.19. The van der Waals surface area contributed by atoms with Crippen molar-refractivity contribution in [3.63, 3.8) is 0 Å². The minimum Gasteiger partial charge on any atom is -0.497 e. The van der Waals surface area contributed by atoms with Gasteiger partial charge < -0.3 is 14.0 Å². The Hall–Kier alpha value is -2.37. The van der Waals surface area contributed by atoms with Gasteiger partial charge in [0.2, 0.25) is 0 Å². The van der Waals surface area contributed by atoms with E-state index in [-0.39, 0.29) is 6.10 Å². The first-order valence-electron chi connectivity index (χ1n) is 9.19. The summed E-state index contributed by atoms with van der Waals surface area (Å²) in [5.41, 5.74) is 1.25. The van der Waals surface area contributed by atoms with Gasteiger partial charge in [0.1, 0.15) is 5.75 Å². The zero-order valence-electron chi connectivity index (χ0n) is 15.2. The van der Waals surface area contributed by atoms with Gasteiger partial charge in [-0.05, 0) is 41.0 Å². The van der Waals surface area contributed by atoms with Crippen LogP contribution in [0.15, 0.2) is 55.1 Å². The number of rotatable bonds is 6. The fraction of sp³-hybridized carbons (Fsp3) is 0.381. The lowest BCUT2D eigenvalue weighted by atomic mass is 10.0. The number of nitrogens with zero attached hydrogens (tertiary/aromatic N) is 3. The molecule has 0 aliphatic carbocycles. The second-order valence-corrected chi connectivity index (χ2v) is 6.79. The van der Waals surface area contributed by atoms with E-state index in [1.165, 1.54) is 16.3 Å². The number of methoxy groups -OCH3 is 1. The molecule has 0 saturated carbocycles. The van der Waals surface area contributed by atoms with E-state index in [0.717, 1.165) is 45.0 Å². The summed E-state index contributed by atoms with van der Waals surface area (Å²) in [7, 11) is 1.70. The lowest BCUT2D eigenvalue weighted by Gasteiger charge is -2.33.